The van der Waals surface area contributed by atoms with Crippen LogP contribution >= 0.6 is 11.8 Å². The first-order chi connectivity index (χ1) is 10.6. The lowest BCUT2D eigenvalue weighted by Gasteiger charge is -2.34. The van der Waals surface area contributed by atoms with Crippen molar-refractivity contribution in [2.75, 3.05) is 10.7 Å². The van der Waals surface area contributed by atoms with Gasteiger partial charge in [0.2, 0.25) is 0 Å². The van der Waals surface area contributed by atoms with Crippen molar-refractivity contribution in [3.8, 4) is 0 Å². The molecule has 0 fully saturated rings. The minimum Gasteiger partial charge on any atom is -0.302 e. The van der Waals surface area contributed by atoms with Crippen LogP contribution in [0.3, 0.4) is 0 Å². The molecule has 4 nitrogen and oxygen atoms in total. The van der Waals surface area contributed by atoms with Crippen LogP contribution in [0.2, 0.25) is 0 Å². The van der Waals surface area contributed by atoms with Crippen LogP contribution in [0, 0.1) is 0 Å². The average Bonchev–Trinajstić information content (AvgIpc) is 2.94. The number of halogens is 2. The number of rotatable bonds is 3. The Hall–Kier alpha value is -1.89. The van der Waals surface area contributed by atoms with E-state index in [0.717, 1.165) is 21.0 Å². The molecule has 0 saturated carbocycles. The van der Waals surface area contributed by atoms with Crippen LogP contribution in [0.4, 0.5) is 14.5 Å². The zero-order valence-electron chi connectivity index (χ0n) is 11.9. The molecule has 0 saturated heterocycles. The minimum atomic E-state index is -2.49. The lowest BCUT2D eigenvalue weighted by Crippen LogP contribution is -2.42. The number of fused-ring (bicyclic) bond motifs is 1. The molecule has 1 aromatic carbocycles. The van der Waals surface area contributed by atoms with Crippen molar-refractivity contribution >= 4 is 23.4 Å². The Morgan fingerprint density at radius 2 is 2.18 bits per heavy atom. The van der Waals surface area contributed by atoms with Crippen LogP contribution in [0.15, 0.2) is 41.4 Å². The second-order valence-electron chi connectivity index (χ2n) is 5.12. The Balaban J connectivity index is 1.90. The summed E-state index contributed by atoms with van der Waals surface area (Å²) in [6, 6.07) is 9.19. The Morgan fingerprint density at radius 3 is 2.95 bits per heavy atom. The highest BCUT2D eigenvalue weighted by Crippen LogP contribution is 2.37. The number of thioether (sulfide) groups is 1. The van der Waals surface area contributed by atoms with Gasteiger partial charge in [-0.15, -0.1) is 11.8 Å². The predicted octanol–water partition coefficient (Wildman–Crippen LogP) is 3.29. The van der Waals surface area contributed by atoms with Crippen molar-refractivity contribution in [2.45, 2.75) is 30.8 Å². The molecule has 1 aliphatic rings. The summed E-state index contributed by atoms with van der Waals surface area (Å²) >= 11 is 1.71. The van der Waals surface area contributed by atoms with Gasteiger partial charge in [-0.05, 0) is 25.1 Å². The summed E-state index contributed by atoms with van der Waals surface area (Å²) in [5.74, 6) is 0.536. The number of alkyl halides is 2. The molecule has 0 aliphatic carbocycles. The molecule has 0 radical (unpaired) electrons. The summed E-state index contributed by atoms with van der Waals surface area (Å²) < 4.78 is 25.9. The molecule has 1 amide bonds. The summed E-state index contributed by atoms with van der Waals surface area (Å²) in [7, 11) is 0. The van der Waals surface area contributed by atoms with Crippen LogP contribution in [0.5, 0.6) is 0 Å². The van der Waals surface area contributed by atoms with Crippen molar-refractivity contribution in [3.05, 3.63) is 42.2 Å². The van der Waals surface area contributed by atoms with Crippen molar-refractivity contribution in [1.82, 2.24) is 9.78 Å². The number of carbonyl (C=O) groups excluding carboxylic acids is 1. The van der Waals surface area contributed by atoms with E-state index >= 15 is 0 Å². The van der Waals surface area contributed by atoms with Gasteiger partial charge in [-0.25, -0.2) is 8.78 Å². The normalized spacial score (nSPS) is 17.6. The zero-order chi connectivity index (χ0) is 15.7. The van der Waals surface area contributed by atoms with Crippen LogP contribution in [-0.4, -0.2) is 33.9 Å². The van der Waals surface area contributed by atoms with E-state index in [0.29, 0.717) is 0 Å². The van der Waals surface area contributed by atoms with E-state index in [1.165, 1.54) is 12.3 Å². The molecule has 0 spiro atoms. The topological polar surface area (TPSA) is 38.1 Å². The molecule has 1 aromatic heterocycles. The third-order valence-corrected chi connectivity index (χ3v) is 4.75. The molecule has 1 unspecified atom stereocenters. The van der Waals surface area contributed by atoms with Gasteiger partial charge < -0.3 is 4.90 Å². The van der Waals surface area contributed by atoms with Crippen molar-refractivity contribution < 1.29 is 13.6 Å². The molecule has 0 N–H and O–H groups in total. The molecular weight excluding hydrogens is 308 g/mol. The second-order valence-corrected chi connectivity index (χ2v) is 6.18. The summed E-state index contributed by atoms with van der Waals surface area (Å²) in [5, 5.41) is 3.97. The van der Waals surface area contributed by atoms with Gasteiger partial charge >= 0.3 is 0 Å². The number of benzene rings is 1. The van der Waals surface area contributed by atoms with Gasteiger partial charge in [0.05, 0.1) is 5.69 Å². The number of anilines is 1. The maximum absolute atomic E-state index is 12.7. The first-order valence-corrected chi connectivity index (χ1v) is 7.92. The van der Waals surface area contributed by atoms with E-state index in [1.807, 2.05) is 31.2 Å². The standard InChI is InChI=1S/C15H15F2N3OS/c1-10-9-22-13-5-3-2-4-12(13)20(10)15(21)11-6-7-19(18-11)8-14(16)17/h2-7,10,14H,8-9H2,1H3. The van der Waals surface area contributed by atoms with Crippen LogP contribution in [-0.2, 0) is 6.54 Å². The van der Waals surface area contributed by atoms with Crippen molar-refractivity contribution in [3.63, 3.8) is 0 Å². The van der Waals surface area contributed by atoms with E-state index in [-0.39, 0.29) is 17.6 Å². The molecular formula is C15H15F2N3OS. The van der Waals surface area contributed by atoms with E-state index in [2.05, 4.69) is 5.10 Å². The Morgan fingerprint density at radius 1 is 1.41 bits per heavy atom. The molecule has 22 heavy (non-hydrogen) atoms. The highest BCUT2D eigenvalue weighted by molar-refractivity contribution is 7.99. The van der Waals surface area contributed by atoms with E-state index in [1.54, 1.807) is 16.7 Å². The minimum absolute atomic E-state index is 0.0210. The Kier molecular flexibility index (Phi) is 4.15. The summed E-state index contributed by atoms with van der Waals surface area (Å²) in [4.78, 5) is 15.5. The lowest BCUT2D eigenvalue weighted by molar-refractivity contribution is 0.0968. The quantitative estimate of drug-likeness (QED) is 0.870. The third kappa shape index (κ3) is 2.85. The number of para-hydroxylation sites is 1. The number of hydrogen-bond acceptors (Lipinski definition) is 3. The number of amides is 1. The summed E-state index contributed by atoms with van der Waals surface area (Å²) in [6.45, 7) is 1.46. The number of carbonyl (C=O) groups is 1. The largest absolute Gasteiger partial charge is 0.302 e. The fourth-order valence-corrected chi connectivity index (χ4v) is 3.51. The van der Waals surface area contributed by atoms with E-state index in [9.17, 15) is 13.6 Å². The van der Waals surface area contributed by atoms with E-state index in [4.69, 9.17) is 0 Å². The Labute approximate surface area is 131 Å². The molecule has 2 heterocycles. The molecule has 3 rings (SSSR count). The third-order valence-electron chi connectivity index (χ3n) is 3.45. The van der Waals surface area contributed by atoms with E-state index < -0.39 is 13.0 Å². The van der Waals surface area contributed by atoms with Crippen LogP contribution in [0.1, 0.15) is 17.4 Å². The maximum Gasteiger partial charge on any atom is 0.279 e. The predicted molar refractivity (Wildman–Crippen MR) is 81.7 cm³/mol. The second kappa shape index (κ2) is 6.08. The molecule has 1 aliphatic heterocycles. The Bertz CT molecular complexity index is 689. The number of aromatic nitrogens is 2. The van der Waals surface area contributed by atoms with Gasteiger partial charge in [0.1, 0.15) is 6.54 Å². The zero-order valence-corrected chi connectivity index (χ0v) is 12.8. The maximum atomic E-state index is 12.7. The SMILES string of the molecule is CC1CSc2ccccc2N1C(=O)c1ccn(CC(F)F)n1. The first kappa shape index (κ1) is 15.0. The smallest absolute Gasteiger partial charge is 0.279 e. The monoisotopic (exact) mass is 323 g/mol. The fourth-order valence-electron chi connectivity index (χ4n) is 2.45. The molecule has 2 aromatic rings. The fraction of sp³-hybridized carbons (Fsp3) is 0.333. The summed E-state index contributed by atoms with van der Waals surface area (Å²) in [5.41, 5.74) is 1.04. The van der Waals surface area contributed by atoms with Gasteiger partial charge in [0, 0.05) is 22.9 Å². The van der Waals surface area contributed by atoms with Crippen molar-refractivity contribution in [1.29, 1.82) is 0 Å². The van der Waals surface area contributed by atoms with Gasteiger partial charge in [0.15, 0.2) is 5.69 Å². The van der Waals surface area contributed by atoms with Crippen LogP contribution in [0.25, 0.3) is 0 Å². The van der Waals surface area contributed by atoms with Gasteiger partial charge in [-0.3, -0.25) is 9.48 Å². The molecule has 116 valence electrons. The lowest BCUT2D eigenvalue weighted by atomic mass is 10.2. The number of hydrogen-bond donors (Lipinski definition) is 0. The molecule has 0 bridgehead atoms. The van der Waals surface area contributed by atoms with Gasteiger partial charge in [-0.2, -0.15) is 5.10 Å². The summed E-state index contributed by atoms with van der Waals surface area (Å²) in [6.07, 6.45) is -1.08. The number of nitrogens with zero attached hydrogens (tertiary/aromatic N) is 3. The van der Waals surface area contributed by atoms with Crippen molar-refractivity contribution in [2.24, 2.45) is 0 Å². The highest BCUT2D eigenvalue weighted by atomic mass is 32.2. The molecule has 1 atom stereocenters. The van der Waals surface area contributed by atoms with Gasteiger partial charge in [0.25, 0.3) is 12.3 Å². The molecule has 7 heteroatoms. The van der Waals surface area contributed by atoms with Crippen LogP contribution < -0.4 is 4.90 Å². The highest BCUT2D eigenvalue weighted by Gasteiger charge is 2.30. The average molecular weight is 323 g/mol. The first-order valence-electron chi connectivity index (χ1n) is 6.93. The van der Waals surface area contributed by atoms with Gasteiger partial charge in [-0.1, -0.05) is 12.1 Å².